The number of hydrogen-bond acceptors (Lipinski definition) is 6. The molecule has 7 heteroatoms. The van der Waals surface area contributed by atoms with E-state index in [-0.39, 0.29) is 16.2 Å². The maximum absolute atomic E-state index is 6.36. The van der Waals surface area contributed by atoms with Gasteiger partial charge in [-0.05, 0) is 169 Å². The van der Waals surface area contributed by atoms with E-state index in [1.54, 1.807) is 0 Å². The Hall–Kier alpha value is -10.3. The normalized spacial score (nSPS) is 12.4. The van der Waals surface area contributed by atoms with E-state index in [0.717, 1.165) is 156 Å². The van der Waals surface area contributed by atoms with Crippen molar-refractivity contribution in [3.63, 3.8) is 0 Å². The highest BCUT2D eigenvalue weighted by molar-refractivity contribution is 7.19. The lowest BCUT2D eigenvalue weighted by Crippen LogP contribution is -2.74. The summed E-state index contributed by atoms with van der Waals surface area (Å²) < 4.78 is 38.1. The largest absolute Gasteiger partial charge is 0.493 e. The lowest BCUT2D eigenvalue weighted by atomic mass is 9.85. The molecule has 10 aromatic rings. The summed E-state index contributed by atoms with van der Waals surface area (Å²) >= 11 is 0. The van der Waals surface area contributed by atoms with Crippen molar-refractivity contribution in [2.75, 3.05) is 39.6 Å². The predicted octanol–water partition coefficient (Wildman–Crippen LogP) is 25.0. The van der Waals surface area contributed by atoms with Crippen molar-refractivity contribution in [2.24, 2.45) is 0 Å². The van der Waals surface area contributed by atoms with Crippen LogP contribution in [-0.2, 0) is 16.2 Å². The molecule has 10 aromatic carbocycles. The van der Waals surface area contributed by atoms with Crippen LogP contribution in [-0.4, -0.2) is 47.7 Å². The van der Waals surface area contributed by atoms with E-state index in [9.17, 15) is 0 Å². The summed E-state index contributed by atoms with van der Waals surface area (Å²) in [4.78, 5) is 0. The van der Waals surface area contributed by atoms with Gasteiger partial charge in [-0.3, -0.25) is 0 Å². The van der Waals surface area contributed by atoms with Crippen molar-refractivity contribution in [3.8, 4) is 34.5 Å². The van der Waals surface area contributed by atoms with E-state index in [2.05, 4.69) is 390 Å². The second-order valence-electron chi connectivity index (χ2n) is 32.0. The van der Waals surface area contributed by atoms with Crippen LogP contribution in [0.15, 0.2) is 206 Å². The molecule has 6 nitrogen and oxygen atoms in total. The van der Waals surface area contributed by atoms with Gasteiger partial charge < -0.3 is 28.4 Å². The van der Waals surface area contributed by atoms with Crippen LogP contribution < -0.4 is 49.2 Å². The van der Waals surface area contributed by atoms with Crippen LogP contribution in [0.2, 0.25) is 0 Å². The summed E-state index contributed by atoms with van der Waals surface area (Å²) in [6.45, 7) is 39.1. The molecule has 10 rings (SSSR count). The van der Waals surface area contributed by atoms with Crippen LogP contribution in [0, 0.1) is 6.92 Å². The van der Waals surface area contributed by atoms with E-state index < -0.39 is 8.07 Å². The van der Waals surface area contributed by atoms with E-state index >= 15 is 0 Å². The molecule has 0 fully saturated rings. The second-order valence-corrected chi connectivity index (χ2v) is 35.8. The van der Waals surface area contributed by atoms with E-state index in [1.807, 2.05) is 0 Å². The topological polar surface area (TPSA) is 55.4 Å². The second kappa shape index (κ2) is 38.8. The van der Waals surface area contributed by atoms with Crippen molar-refractivity contribution < 1.29 is 28.4 Å². The predicted molar refractivity (Wildman–Crippen MR) is 478 cm³/mol. The number of hydrogen-bond donors (Lipinski definition) is 0. The first-order chi connectivity index (χ1) is 53.0. The van der Waals surface area contributed by atoms with Gasteiger partial charge in [0, 0.05) is 33.4 Å². The SMILES string of the molecule is CCCOc1cc(C(C)(C)C)c(OCCC)cc1/C=C/c1ccc(/C=C/c2ccc([Si](c3ccc(C)cc3)(c3ccc(/C=C/c4ccc(/C=C/c5cc(OCCC)c(C(C)(C)C)cc5OCCC)cc4)cc3)c3ccc(/C=C/c4ccc(/C=C/c5cc(OCCC)c(C(C)(C)C)cc5OCCC)cc4)cc3)cc2)cc1. The third-order valence-electron chi connectivity index (χ3n) is 19.6. The number of ether oxygens (including phenoxy) is 6. The average Bonchev–Trinajstić information content (AvgIpc) is 0.731. The Bertz CT molecular complexity index is 4330. The molecule has 0 aliphatic heterocycles. The molecule has 0 unspecified atom stereocenters. The van der Waals surface area contributed by atoms with Gasteiger partial charge in [0.1, 0.15) is 34.5 Å². The Morgan fingerprint density at radius 3 is 0.591 bits per heavy atom. The van der Waals surface area contributed by atoms with Gasteiger partial charge in [0.2, 0.25) is 0 Å². The maximum atomic E-state index is 6.36. The Morgan fingerprint density at radius 2 is 0.400 bits per heavy atom. The van der Waals surface area contributed by atoms with Crippen molar-refractivity contribution in [1.29, 1.82) is 0 Å². The van der Waals surface area contributed by atoms with Gasteiger partial charge in [0.15, 0.2) is 8.07 Å². The van der Waals surface area contributed by atoms with Crippen LogP contribution in [0.5, 0.6) is 34.5 Å². The smallest absolute Gasteiger partial charge is 0.179 e. The highest BCUT2D eigenvalue weighted by Gasteiger charge is 2.41. The number of benzene rings is 10. The van der Waals surface area contributed by atoms with Crippen molar-refractivity contribution in [2.45, 2.75) is 166 Å². The van der Waals surface area contributed by atoms with E-state index in [1.165, 1.54) is 26.3 Å². The zero-order valence-corrected chi connectivity index (χ0v) is 69.5. The number of rotatable bonds is 34. The molecule has 0 aliphatic carbocycles. The summed E-state index contributed by atoms with van der Waals surface area (Å²) in [6.07, 6.45) is 31.9. The molecule has 0 heterocycles. The quantitative estimate of drug-likeness (QED) is 0.0228. The van der Waals surface area contributed by atoms with Gasteiger partial charge in [-0.15, -0.1) is 0 Å². The summed E-state index contributed by atoms with van der Waals surface area (Å²) in [5.74, 6) is 5.40. The Morgan fingerprint density at radius 1 is 0.227 bits per heavy atom. The fourth-order valence-electron chi connectivity index (χ4n) is 13.5. The summed E-state index contributed by atoms with van der Waals surface area (Å²) in [6, 6.07) is 76.6. The molecular formula is C103H118O6Si. The van der Waals surface area contributed by atoms with Gasteiger partial charge in [-0.25, -0.2) is 0 Å². The average molecular weight is 1480 g/mol. The minimum absolute atomic E-state index is 0.0963. The Kier molecular flexibility index (Phi) is 29.0. The van der Waals surface area contributed by atoms with Gasteiger partial charge >= 0.3 is 0 Å². The minimum Gasteiger partial charge on any atom is -0.493 e. The lowest BCUT2D eigenvalue weighted by molar-refractivity contribution is 0.300. The van der Waals surface area contributed by atoms with Crippen molar-refractivity contribution in [1.82, 2.24) is 0 Å². The van der Waals surface area contributed by atoms with Gasteiger partial charge in [-0.1, -0.05) is 352 Å². The first kappa shape index (κ1) is 82.2. The third-order valence-corrected chi connectivity index (χ3v) is 24.4. The molecule has 0 aromatic heterocycles. The molecule has 0 N–H and O–H groups in total. The number of aryl methyl sites for hydroxylation is 1. The lowest BCUT2D eigenvalue weighted by Gasteiger charge is -2.34. The zero-order chi connectivity index (χ0) is 78.3. The molecule has 0 amide bonds. The van der Waals surface area contributed by atoms with Gasteiger partial charge in [0.25, 0.3) is 0 Å². The Balaban J connectivity index is 0.944. The fraction of sp³-hybridized carbons (Fsp3) is 0.301. The maximum Gasteiger partial charge on any atom is 0.179 e. The van der Waals surface area contributed by atoms with E-state index in [0.29, 0.717) is 39.6 Å². The molecule has 0 atom stereocenters. The van der Waals surface area contributed by atoms with Gasteiger partial charge in [-0.2, -0.15) is 0 Å². The molecule has 0 saturated carbocycles. The molecule has 110 heavy (non-hydrogen) atoms. The van der Waals surface area contributed by atoms with Crippen molar-refractivity contribution >= 4 is 102 Å². The molecular weight excluding hydrogens is 1360 g/mol. The van der Waals surface area contributed by atoms with Crippen molar-refractivity contribution in [3.05, 3.63) is 295 Å². The van der Waals surface area contributed by atoms with Crippen LogP contribution in [0.25, 0.3) is 72.9 Å². The van der Waals surface area contributed by atoms with Crippen LogP contribution in [0.4, 0.5) is 0 Å². The molecule has 0 aliphatic rings. The highest BCUT2D eigenvalue weighted by atomic mass is 28.3. The van der Waals surface area contributed by atoms with Gasteiger partial charge in [0.05, 0.1) is 39.6 Å². The van der Waals surface area contributed by atoms with Crippen LogP contribution >= 0.6 is 0 Å². The first-order valence-corrected chi connectivity index (χ1v) is 42.1. The summed E-state index contributed by atoms with van der Waals surface area (Å²) in [7, 11) is -3.00. The zero-order valence-electron chi connectivity index (χ0n) is 68.5. The summed E-state index contributed by atoms with van der Waals surface area (Å²) in [5, 5.41) is 5.23. The Labute approximate surface area is 661 Å². The fourth-order valence-corrected chi connectivity index (χ4v) is 18.2. The molecule has 0 bridgehead atoms. The molecule has 0 radical (unpaired) electrons. The summed E-state index contributed by atoms with van der Waals surface area (Å²) in [5.41, 5.74) is 17.5. The van der Waals surface area contributed by atoms with Crippen LogP contribution in [0.1, 0.15) is 231 Å². The van der Waals surface area contributed by atoms with E-state index in [4.69, 9.17) is 28.4 Å². The molecule has 570 valence electrons. The molecule has 0 spiro atoms. The third kappa shape index (κ3) is 22.0. The van der Waals surface area contributed by atoms with Crippen LogP contribution in [0.3, 0.4) is 0 Å². The monoisotopic (exact) mass is 1480 g/mol. The minimum atomic E-state index is -3.00. The molecule has 0 saturated heterocycles. The standard InChI is InChI=1S/C103H118O6Si/c1-17-63-104-95-72-92(101(8,9)10)98(107-66-20-4)69-85(95)52-43-79-34-25-76(26-35-79)31-40-82-46-57-89(58-47-82)110(88-55-23-75(7)24-56-88,90-59-48-83(49-60-90)41-32-77-27-36-80(37-28-77)44-53-86-70-99(108-67-21-5)93(102(11,12)13)73-96(86)105-64-18-2)91-61-50-84(51-62-91)42-33-78-29-38-81(39-30-78)45-54-87-71-100(109-68-22-6)94(103(14,15)16)74-97(87)106-65-19-3/h23-62,69-74H,17-22,63-68H2,1-16H3/b40-31+,41-32+,42-33+,52-43+,53-44+,54-45+. The highest BCUT2D eigenvalue weighted by Crippen LogP contribution is 2.42. The first-order valence-electron chi connectivity index (χ1n) is 40.1.